The minimum atomic E-state index is -3.32. The van der Waals surface area contributed by atoms with Gasteiger partial charge in [0.2, 0.25) is 10.0 Å². The monoisotopic (exact) mass is 382 g/mol. The number of nitrogens with zero attached hydrogens (tertiary/aromatic N) is 1. The van der Waals surface area contributed by atoms with Crippen LogP contribution < -0.4 is 9.62 Å². The number of sulfonamides is 1. The first-order valence-corrected chi connectivity index (χ1v) is 9.65. The number of hydrogen-bond donors (Lipinski definition) is 1. The molecule has 25 heavy (non-hydrogen) atoms. The first-order chi connectivity index (χ1) is 11.8. The summed E-state index contributed by atoms with van der Waals surface area (Å²) in [7, 11) is -3.32. The summed E-state index contributed by atoms with van der Waals surface area (Å²) in [5.74, 6) is -1.30. The summed E-state index contributed by atoms with van der Waals surface area (Å²) in [6.45, 7) is 2.17. The molecule has 132 valence electrons. The van der Waals surface area contributed by atoms with Crippen LogP contribution in [-0.4, -0.2) is 26.6 Å². The molecular formula is C17H16ClFN2O3S. The van der Waals surface area contributed by atoms with Crippen molar-refractivity contribution < 1.29 is 17.6 Å². The van der Waals surface area contributed by atoms with Crippen molar-refractivity contribution in [3.63, 3.8) is 0 Å². The zero-order valence-corrected chi connectivity index (χ0v) is 15.0. The first kappa shape index (κ1) is 17.7. The summed E-state index contributed by atoms with van der Waals surface area (Å²) in [5.41, 5.74) is 1.35. The van der Waals surface area contributed by atoms with E-state index in [1.54, 1.807) is 25.1 Å². The van der Waals surface area contributed by atoms with Gasteiger partial charge in [-0.15, -0.1) is 0 Å². The van der Waals surface area contributed by atoms with Crippen LogP contribution in [0.1, 0.15) is 22.3 Å². The topological polar surface area (TPSA) is 66.5 Å². The number of amides is 1. The number of carbonyl (C=O) groups excluding carboxylic acids is 1. The van der Waals surface area contributed by atoms with E-state index >= 15 is 0 Å². The van der Waals surface area contributed by atoms with Gasteiger partial charge < -0.3 is 5.32 Å². The number of halogens is 2. The van der Waals surface area contributed by atoms with Crippen molar-refractivity contribution in [3.8, 4) is 0 Å². The Morgan fingerprint density at radius 3 is 2.68 bits per heavy atom. The van der Waals surface area contributed by atoms with E-state index in [2.05, 4.69) is 5.32 Å². The Morgan fingerprint density at radius 2 is 2.04 bits per heavy atom. The smallest absolute Gasteiger partial charge is 0.260 e. The van der Waals surface area contributed by atoms with E-state index in [1.807, 2.05) is 0 Å². The van der Waals surface area contributed by atoms with E-state index in [0.717, 1.165) is 11.6 Å². The van der Waals surface area contributed by atoms with Gasteiger partial charge in [-0.2, -0.15) is 0 Å². The van der Waals surface area contributed by atoms with Crippen LogP contribution in [0.15, 0.2) is 36.4 Å². The highest BCUT2D eigenvalue weighted by Crippen LogP contribution is 2.29. The van der Waals surface area contributed by atoms with Crippen molar-refractivity contribution in [1.29, 1.82) is 0 Å². The third-order valence-electron chi connectivity index (χ3n) is 4.05. The molecule has 1 N–H and O–H groups in total. The third kappa shape index (κ3) is 3.48. The van der Waals surface area contributed by atoms with Gasteiger partial charge in [0.15, 0.2) is 0 Å². The highest BCUT2D eigenvalue weighted by molar-refractivity contribution is 7.93. The molecule has 1 amide bonds. The molecule has 0 saturated carbocycles. The highest BCUT2D eigenvalue weighted by Gasteiger charge is 2.28. The van der Waals surface area contributed by atoms with Crippen LogP contribution in [0.25, 0.3) is 0 Å². The largest absolute Gasteiger partial charge is 0.322 e. The van der Waals surface area contributed by atoms with Crippen molar-refractivity contribution in [1.82, 2.24) is 0 Å². The molecular weight excluding hydrogens is 367 g/mol. The number of rotatable bonds is 3. The van der Waals surface area contributed by atoms with Crippen molar-refractivity contribution in [2.75, 3.05) is 21.9 Å². The lowest BCUT2D eigenvalue weighted by atomic mass is 10.1. The van der Waals surface area contributed by atoms with E-state index in [0.29, 0.717) is 24.3 Å². The van der Waals surface area contributed by atoms with Crippen LogP contribution in [0, 0.1) is 12.7 Å². The van der Waals surface area contributed by atoms with Gasteiger partial charge in [-0.25, -0.2) is 12.8 Å². The Hall–Kier alpha value is -2.12. The first-order valence-electron chi connectivity index (χ1n) is 7.66. The van der Waals surface area contributed by atoms with Crippen LogP contribution in [0.5, 0.6) is 0 Å². The van der Waals surface area contributed by atoms with Gasteiger partial charge in [0.1, 0.15) is 5.82 Å². The van der Waals surface area contributed by atoms with Crippen LogP contribution in [0.3, 0.4) is 0 Å². The molecule has 1 heterocycles. The summed E-state index contributed by atoms with van der Waals surface area (Å²) in [6.07, 6.45) is 0.558. The normalized spacial score (nSPS) is 16.0. The lowest BCUT2D eigenvalue weighted by Gasteiger charge is -2.19. The number of carbonyl (C=O) groups is 1. The molecule has 1 aliphatic rings. The van der Waals surface area contributed by atoms with Gasteiger partial charge in [0.25, 0.3) is 5.91 Å². The predicted octanol–water partition coefficient (Wildman–Crippen LogP) is 3.58. The molecule has 0 bridgehead atoms. The van der Waals surface area contributed by atoms with Crippen LogP contribution in [0.2, 0.25) is 5.02 Å². The van der Waals surface area contributed by atoms with Gasteiger partial charge in [-0.3, -0.25) is 9.10 Å². The summed E-state index contributed by atoms with van der Waals surface area (Å²) < 4.78 is 39.3. The molecule has 2 aromatic rings. The zero-order valence-electron chi connectivity index (χ0n) is 13.4. The number of aryl methyl sites for hydroxylation is 1. The lowest BCUT2D eigenvalue weighted by molar-refractivity contribution is 0.102. The standard InChI is InChI=1S/C17H16ClFN2O3S/c1-11-6-7-12(21-8-3-9-25(21,23)24)10-15(11)20-17(22)16-13(18)4-2-5-14(16)19/h2,4-7,10H,3,8-9H2,1H3,(H,20,22). The molecule has 0 atom stereocenters. The van der Waals surface area contributed by atoms with Gasteiger partial charge in [-0.05, 0) is 43.2 Å². The van der Waals surface area contributed by atoms with Gasteiger partial charge >= 0.3 is 0 Å². The van der Waals surface area contributed by atoms with Crippen molar-refractivity contribution in [2.45, 2.75) is 13.3 Å². The maximum Gasteiger partial charge on any atom is 0.260 e. The lowest BCUT2D eigenvalue weighted by Crippen LogP contribution is -2.25. The van der Waals surface area contributed by atoms with E-state index < -0.39 is 21.7 Å². The third-order valence-corrected chi connectivity index (χ3v) is 6.23. The Kier molecular flexibility index (Phi) is 4.71. The van der Waals surface area contributed by atoms with Crippen molar-refractivity contribution in [3.05, 3.63) is 58.4 Å². The number of benzene rings is 2. The van der Waals surface area contributed by atoms with Gasteiger partial charge in [0, 0.05) is 12.2 Å². The number of hydrogen-bond acceptors (Lipinski definition) is 3. The molecule has 0 aliphatic carbocycles. The minimum Gasteiger partial charge on any atom is -0.322 e. The van der Waals surface area contributed by atoms with E-state index in [1.165, 1.54) is 16.4 Å². The minimum absolute atomic E-state index is 0.00780. The predicted molar refractivity (Wildman–Crippen MR) is 96.3 cm³/mol. The molecule has 3 rings (SSSR count). The van der Waals surface area contributed by atoms with Gasteiger partial charge in [-0.1, -0.05) is 23.7 Å². The molecule has 0 unspecified atom stereocenters. The average Bonchev–Trinajstić information content (AvgIpc) is 2.89. The van der Waals surface area contributed by atoms with Crippen LogP contribution in [-0.2, 0) is 10.0 Å². The molecule has 1 aliphatic heterocycles. The second kappa shape index (κ2) is 6.65. The quantitative estimate of drug-likeness (QED) is 0.882. The fourth-order valence-corrected chi connectivity index (χ4v) is 4.53. The molecule has 2 aromatic carbocycles. The summed E-state index contributed by atoms with van der Waals surface area (Å²) >= 11 is 5.91. The molecule has 5 nitrogen and oxygen atoms in total. The number of anilines is 2. The highest BCUT2D eigenvalue weighted by atomic mass is 35.5. The van der Waals surface area contributed by atoms with E-state index in [4.69, 9.17) is 11.6 Å². The van der Waals surface area contributed by atoms with Crippen molar-refractivity contribution >= 4 is 38.9 Å². The second-order valence-corrected chi connectivity index (χ2v) is 8.21. The van der Waals surface area contributed by atoms with Crippen molar-refractivity contribution in [2.24, 2.45) is 0 Å². The Bertz CT molecular complexity index is 927. The summed E-state index contributed by atoms with van der Waals surface area (Å²) in [6, 6.07) is 8.97. The van der Waals surface area contributed by atoms with Crippen LogP contribution in [0.4, 0.5) is 15.8 Å². The molecule has 0 aromatic heterocycles. The van der Waals surface area contributed by atoms with Gasteiger partial charge in [0.05, 0.1) is 22.0 Å². The Morgan fingerprint density at radius 1 is 1.28 bits per heavy atom. The Balaban J connectivity index is 1.93. The maximum atomic E-state index is 13.9. The van der Waals surface area contributed by atoms with E-state index in [-0.39, 0.29) is 16.3 Å². The summed E-state index contributed by atoms with van der Waals surface area (Å²) in [4.78, 5) is 12.4. The molecule has 8 heteroatoms. The SMILES string of the molecule is Cc1ccc(N2CCCS2(=O)=O)cc1NC(=O)c1c(F)cccc1Cl. The fourth-order valence-electron chi connectivity index (χ4n) is 2.73. The molecule has 0 radical (unpaired) electrons. The average molecular weight is 383 g/mol. The molecule has 1 fully saturated rings. The number of nitrogens with one attached hydrogen (secondary N) is 1. The fraction of sp³-hybridized carbons (Fsp3) is 0.235. The molecule has 1 saturated heterocycles. The Labute approximate surface area is 150 Å². The summed E-state index contributed by atoms with van der Waals surface area (Å²) in [5, 5.41) is 2.62. The van der Waals surface area contributed by atoms with E-state index in [9.17, 15) is 17.6 Å². The second-order valence-electron chi connectivity index (χ2n) is 5.79. The zero-order chi connectivity index (χ0) is 18.2. The molecule has 0 spiro atoms. The maximum absolute atomic E-state index is 13.9. The van der Waals surface area contributed by atoms with Crippen LogP contribution >= 0.6 is 11.6 Å².